The van der Waals surface area contributed by atoms with Crippen LogP contribution in [0, 0.1) is 17.6 Å². The molecule has 0 bridgehead atoms. The van der Waals surface area contributed by atoms with E-state index in [0.717, 1.165) is 32.1 Å². The molecule has 1 heterocycles. The second-order valence-corrected chi connectivity index (χ2v) is 4.77. The summed E-state index contributed by atoms with van der Waals surface area (Å²) in [5, 5.41) is 0. The van der Waals surface area contributed by atoms with E-state index in [-0.39, 0.29) is 6.04 Å². The van der Waals surface area contributed by atoms with Crippen LogP contribution in [-0.2, 0) is 11.2 Å². The maximum atomic E-state index is 13.5. The molecule has 0 radical (unpaired) electrons. The predicted octanol–water partition coefficient (Wildman–Crippen LogP) is 1.77. The zero-order valence-electron chi connectivity index (χ0n) is 10.2. The number of nitrogens with two attached hydrogens (primary N) is 1. The van der Waals surface area contributed by atoms with E-state index >= 15 is 0 Å². The van der Waals surface area contributed by atoms with Gasteiger partial charge in [-0.3, -0.25) is 11.3 Å². The zero-order chi connectivity index (χ0) is 13.0. The molecule has 0 aromatic heterocycles. The Hall–Kier alpha value is -1.04. The lowest BCUT2D eigenvalue weighted by molar-refractivity contribution is 0.181. The first-order valence-corrected chi connectivity index (χ1v) is 6.17. The van der Waals surface area contributed by atoms with Gasteiger partial charge in [0.15, 0.2) is 0 Å². The topological polar surface area (TPSA) is 47.3 Å². The van der Waals surface area contributed by atoms with Crippen LogP contribution < -0.4 is 11.3 Å². The Bertz CT molecular complexity index is 395. The first kappa shape index (κ1) is 13.4. The van der Waals surface area contributed by atoms with Crippen molar-refractivity contribution >= 4 is 0 Å². The van der Waals surface area contributed by atoms with Crippen molar-refractivity contribution in [3.05, 3.63) is 35.4 Å². The molecule has 1 fully saturated rings. The molecule has 3 nitrogen and oxygen atoms in total. The SMILES string of the molecule is NNC(Cc1ccc(F)cc1F)CC1CCOC1. The van der Waals surface area contributed by atoms with Crippen LogP contribution in [0.4, 0.5) is 8.78 Å². The van der Waals surface area contributed by atoms with Crippen molar-refractivity contribution in [1.29, 1.82) is 0 Å². The number of ether oxygens (including phenoxy) is 1. The molecule has 0 saturated carbocycles. The summed E-state index contributed by atoms with van der Waals surface area (Å²) in [4.78, 5) is 0. The summed E-state index contributed by atoms with van der Waals surface area (Å²) in [5.74, 6) is 4.89. The fourth-order valence-corrected chi connectivity index (χ4v) is 2.33. The van der Waals surface area contributed by atoms with Gasteiger partial charge in [0.2, 0.25) is 0 Å². The van der Waals surface area contributed by atoms with E-state index < -0.39 is 11.6 Å². The fraction of sp³-hybridized carbons (Fsp3) is 0.538. The number of nitrogens with one attached hydrogen (secondary N) is 1. The van der Waals surface area contributed by atoms with Crippen LogP contribution >= 0.6 is 0 Å². The van der Waals surface area contributed by atoms with Gasteiger partial charge in [-0.25, -0.2) is 8.78 Å². The first-order valence-electron chi connectivity index (χ1n) is 6.17. The number of hydrogen-bond acceptors (Lipinski definition) is 3. The number of halogens is 2. The summed E-state index contributed by atoms with van der Waals surface area (Å²) in [6.07, 6.45) is 2.32. The van der Waals surface area contributed by atoms with Crippen LogP contribution in [0.15, 0.2) is 18.2 Å². The summed E-state index contributed by atoms with van der Waals surface area (Å²) in [5.41, 5.74) is 3.19. The maximum absolute atomic E-state index is 13.5. The molecule has 1 aliphatic rings. The van der Waals surface area contributed by atoms with Gasteiger partial charge in [-0.15, -0.1) is 0 Å². The molecule has 1 aliphatic heterocycles. The molecule has 0 amide bonds. The van der Waals surface area contributed by atoms with Crippen LogP contribution in [0.1, 0.15) is 18.4 Å². The molecular formula is C13H18F2N2O. The smallest absolute Gasteiger partial charge is 0.129 e. The molecule has 2 unspecified atom stereocenters. The van der Waals surface area contributed by atoms with Crippen molar-refractivity contribution in [1.82, 2.24) is 5.43 Å². The normalized spacial score (nSPS) is 21.2. The fourth-order valence-electron chi connectivity index (χ4n) is 2.33. The van der Waals surface area contributed by atoms with E-state index in [1.807, 2.05) is 0 Å². The quantitative estimate of drug-likeness (QED) is 0.623. The molecule has 3 N–H and O–H groups in total. The zero-order valence-corrected chi connectivity index (χ0v) is 10.2. The molecule has 2 rings (SSSR count). The average molecular weight is 256 g/mol. The summed E-state index contributed by atoms with van der Waals surface area (Å²) in [6.45, 7) is 1.52. The van der Waals surface area contributed by atoms with E-state index in [4.69, 9.17) is 10.6 Å². The van der Waals surface area contributed by atoms with Crippen LogP contribution in [0.5, 0.6) is 0 Å². The number of hydrazine groups is 1. The molecular weight excluding hydrogens is 238 g/mol. The highest BCUT2D eigenvalue weighted by atomic mass is 19.1. The van der Waals surface area contributed by atoms with E-state index in [2.05, 4.69) is 5.43 Å². The van der Waals surface area contributed by atoms with Gasteiger partial charge < -0.3 is 4.74 Å². The summed E-state index contributed by atoms with van der Waals surface area (Å²) >= 11 is 0. The van der Waals surface area contributed by atoms with Crippen molar-refractivity contribution < 1.29 is 13.5 Å². The summed E-state index contributed by atoms with van der Waals surface area (Å²) in [6, 6.07) is 3.63. The lowest BCUT2D eigenvalue weighted by Crippen LogP contribution is -2.38. The lowest BCUT2D eigenvalue weighted by atomic mass is 9.95. The Balaban J connectivity index is 1.96. The number of hydrogen-bond donors (Lipinski definition) is 2. The van der Waals surface area contributed by atoms with Gasteiger partial charge in [0.05, 0.1) is 0 Å². The highest BCUT2D eigenvalue weighted by molar-refractivity contribution is 5.19. The first-order chi connectivity index (χ1) is 8.69. The van der Waals surface area contributed by atoms with Gasteiger partial charge in [-0.1, -0.05) is 6.07 Å². The van der Waals surface area contributed by atoms with E-state index in [1.54, 1.807) is 0 Å². The second kappa shape index (κ2) is 6.22. The Morgan fingerprint density at radius 1 is 1.44 bits per heavy atom. The Kier molecular flexibility index (Phi) is 4.63. The third-order valence-electron chi connectivity index (χ3n) is 3.36. The van der Waals surface area contributed by atoms with Gasteiger partial charge in [-0.2, -0.15) is 0 Å². The highest BCUT2D eigenvalue weighted by Crippen LogP contribution is 2.20. The summed E-state index contributed by atoms with van der Waals surface area (Å²) in [7, 11) is 0. The molecule has 0 aliphatic carbocycles. The molecule has 100 valence electrons. The van der Waals surface area contributed by atoms with Gasteiger partial charge in [0.25, 0.3) is 0 Å². The molecule has 0 spiro atoms. The van der Waals surface area contributed by atoms with Gasteiger partial charge >= 0.3 is 0 Å². The Labute approximate surface area is 105 Å². The van der Waals surface area contributed by atoms with Crippen LogP contribution in [-0.4, -0.2) is 19.3 Å². The minimum atomic E-state index is -0.558. The van der Waals surface area contributed by atoms with E-state index in [0.29, 0.717) is 17.9 Å². The third-order valence-corrected chi connectivity index (χ3v) is 3.36. The molecule has 5 heteroatoms. The highest BCUT2D eigenvalue weighted by Gasteiger charge is 2.21. The minimum absolute atomic E-state index is 0.0170. The molecule has 1 saturated heterocycles. The maximum Gasteiger partial charge on any atom is 0.129 e. The van der Waals surface area contributed by atoms with Gasteiger partial charge in [-0.05, 0) is 36.8 Å². The van der Waals surface area contributed by atoms with Crippen LogP contribution in [0.25, 0.3) is 0 Å². The number of benzene rings is 1. The minimum Gasteiger partial charge on any atom is -0.381 e. The summed E-state index contributed by atoms with van der Waals surface area (Å²) < 4.78 is 31.6. The predicted molar refractivity (Wildman–Crippen MR) is 64.7 cm³/mol. The monoisotopic (exact) mass is 256 g/mol. The Morgan fingerprint density at radius 3 is 2.89 bits per heavy atom. The van der Waals surface area contributed by atoms with Crippen molar-refractivity contribution in [3.63, 3.8) is 0 Å². The average Bonchev–Trinajstić information content (AvgIpc) is 2.84. The van der Waals surface area contributed by atoms with Crippen molar-refractivity contribution in [2.45, 2.75) is 25.3 Å². The number of rotatable bonds is 5. The van der Waals surface area contributed by atoms with Gasteiger partial charge in [0, 0.05) is 25.3 Å². The molecule has 1 aromatic carbocycles. The van der Waals surface area contributed by atoms with Crippen LogP contribution in [0.3, 0.4) is 0 Å². The lowest BCUT2D eigenvalue weighted by Gasteiger charge is -2.19. The van der Waals surface area contributed by atoms with Crippen molar-refractivity contribution in [3.8, 4) is 0 Å². The largest absolute Gasteiger partial charge is 0.381 e. The third kappa shape index (κ3) is 3.48. The van der Waals surface area contributed by atoms with Crippen molar-refractivity contribution in [2.75, 3.05) is 13.2 Å². The second-order valence-electron chi connectivity index (χ2n) is 4.77. The van der Waals surface area contributed by atoms with Gasteiger partial charge in [0.1, 0.15) is 11.6 Å². The molecule has 18 heavy (non-hydrogen) atoms. The van der Waals surface area contributed by atoms with E-state index in [9.17, 15) is 8.78 Å². The Morgan fingerprint density at radius 2 is 2.28 bits per heavy atom. The molecule has 1 aromatic rings. The van der Waals surface area contributed by atoms with E-state index in [1.165, 1.54) is 12.1 Å². The van der Waals surface area contributed by atoms with Crippen molar-refractivity contribution in [2.24, 2.45) is 11.8 Å². The standard InChI is InChI=1S/C13H18F2N2O/c14-11-2-1-10(13(15)7-11)6-12(17-16)5-9-3-4-18-8-9/h1-2,7,9,12,17H,3-6,8,16H2. The van der Waals surface area contributed by atoms with Crippen LogP contribution in [0.2, 0.25) is 0 Å². The molecule has 2 atom stereocenters.